The number of benzene rings is 1. The van der Waals surface area contributed by atoms with E-state index in [-0.39, 0.29) is 0 Å². The van der Waals surface area contributed by atoms with Crippen molar-refractivity contribution in [3.05, 3.63) is 35.4 Å². The molecule has 1 aromatic rings. The lowest BCUT2D eigenvalue weighted by Gasteiger charge is -2.00. The number of ether oxygens (including phenoxy) is 1. The number of methoxy groups -OCH3 is 1. The molecular formula is C12H12O2S. The van der Waals surface area contributed by atoms with Crippen molar-refractivity contribution < 1.29 is 9.53 Å². The minimum absolute atomic E-state index is 0.506. The Balaban J connectivity index is 2.91. The van der Waals surface area contributed by atoms with Crippen molar-refractivity contribution in [2.75, 3.05) is 13.4 Å². The van der Waals surface area contributed by atoms with Crippen molar-refractivity contribution in [2.24, 2.45) is 0 Å². The molecule has 0 aliphatic rings. The van der Waals surface area contributed by atoms with Crippen molar-refractivity contribution in [1.29, 1.82) is 0 Å². The highest BCUT2D eigenvalue weighted by Gasteiger charge is 1.98. The van der Waals surface area contributed by atoms with Gasteiger partial charge in [0.15, 0.2) is 0 Å². The summed E-state index contributed by atoms with van der Waals surface area (Å²) in [6, 6.07) is 7.79. The van der Waals surface area contributed by atoms with Crippen LogP contribution in [0.3, 0.4) is 0 Å². The molecule has 0 bridgehead atoms. The van der Waals surface area contributed by atoms with E-state index in [0.29, 0.717) is 0 Å². The highest BCUT2D eigenvalue weighted by Crippen LogP contribution is 2.13. The molecule has 0 fully saturated rings. The molecule has 0 spiro atoms. The molecular weight excluding hydrogens is 208 g/mol. The van der Waals surface area contributed by atoms with Crippen LogP contribution in [0.5, 0.6) is 0 Å². The molecule has 2 nitrogen and oxygen atoms in total. The Bertz CT molecular complexity index is 402. The lowest BCUT2D eigenvalue weighted by atomic mass is 10.1. The standard InChI is InChI=1S/C12H12O2S/c1-14-12(13)8-7-10-5-3-4-6-11(10)9-15-2/h3-6H,9H2,1-2H3. The van der Waals surface area contributed by atoms with Crippen molar-refractivity contribution >= 4 is 17.7 Å². The minimum atomic E-state index is -0.506. The first-order valence-corrected chi connectivity index (χ1v) is 5.84. The predicted molar refractivity (Wildman–Crippen MR) is 62.6 cm³/mol. The number of carbonyl (C=O) groups excluding carboxylic acids is 1. The summed E-state index contributed by atoms with van der Waals surface area (Å²) in [7, 11) is 1.32. The number of esters is 1. The molecule has 0 aliphatic heterocycles. The molecule has 0 saturated heterocycles. The van der Waals surface area contributed by atoms with Crippen LogP contribution in [0.2, 0.25) is 0 Å². The lowest BCUT2D eigenvalue weighted by Crippen LogP contribution is -1.95. The zero-order chi connectivity index (χ0) is 11.1. The lowest BCUT2D eigenvalue weighted by molar-refractivity contribution is -0.133. The molecule has 78 valence electrons. The molecule has 0 atom stereocenters. The predicted octanol–water partition coefficient (Wildman–Crippen LogP) is 2.07. The summed E-state index contributed by atoms with van der Waals surface area (Å²) in [6.07, 6.45) is 2.03. The SMILES string of the molecule is COC(=O)C#Cc1ccccc1CSC. The Labute approximate surface area is 94.0 Å². The van der Waals surface area contributed by atoms with Crippen LogP contribution in [0, 0.1) is 11.8 Å². The molecule has 0 radical (unpaired) electrons. The monoisotopic (exact) mass is 220 g/mol. The van der Waals surface area contributed by atoms with Crippen LogP contribution in [-0.4, -0.2) is 19.3 Å². The van der Waals surface area contributed by atoms with E-state index in [1.807, 2.05) is 30.5 Å². The van der Waals surface area contributed by atoms with Gasteiger partial charge in [0, 0.05) is 17.2 Å². The van der Waals surface area contributed by atoms with E-state index in [9.17, 15) is 4.79 Å². The van der Waals surface area contributed by atoms with Crippen molar-refractivity contribution in [3.63, 3.8) is 0 Å². The van der Waals surface area contributed by atoms with Crippen LogP contribution in [0.15, 0.2) is 24.3 Å². The topological polar surface area (TPSA) is 26.3 Å². The van der Waals surface area contributed by atoms with Gasteiger partial charge in [0.2, 0.25) is 0 Å². The van der Waals surface area contributed by atoms with Gasteiger partial charge < -0.3 is 4.74 Å². The minimum Gasteiger partial charge on any atom is -0.459 e. The number of hydrogen-bond acceptors (Lipinski definition) is 3. The highest BCUT2D eigenvalue weighted by molar-refractivity contribution is 7.97. The zero-order valence-corrected chi connectivity index (χ0v) is 9.56. The third-order valence-electron chi connectivity index (χ3n) is 1.80. The van der Waals surface area contributed by atoms with Gasteiger partial charge in [-0.15, -0.1) is 0 Å². The summed E-state index contributed by atoms with van der Waals surface area (Å²) in [5.74, 6) is 5.63. The fourth-order valence-electron chi connectivity index (χ4n) is 1.09. The van der Waals surface area contributed by atoms with E-state index >= 15 is 0 Å². The summed E-state index contributed by atoms with van der Waals surface area (Å²) >= 11 is 1.72. The Hall–Kier alpha value is -1.40. The maximum Gasteiger partial charge on any atom is 0.384 e. The van der Waals surface area contributed by atoms with E-state index < -0.39 is 5.97 Å². The molecule has 1 rings (SSSR count). The van der Waals surface area contributed by atoms with Crippen LogP contribution < -0.4 is 0 Å². The van der Waals surface area contributed by atoms with Gasteiger partial charge in [-0.25, -0.2) is 4.79 Å². The molecule has 0 amide bonds. The summed E-state index contributed by atoms with van der Waals surface area (Å²) < 4.78 is 4.45. The number of rotatable bonds is 2. The summed E-state index contributed by atoms with van der Waals surface area (Å²) in [6.45, 7) is 0. The highest BCUT2D eigenvalue weighted by atomic mass is 32.2. The second-order valence-corrected chi connectivity index (χ2v) is 3.70. The molecule has 1 aromatic carbocycles. The fourth-order valence-corrected chi connectivity index (χ4v) is 1.66. The van der Waals surface area contributed by atoms with E-state index in [4.69, 9.17) is 0 Å². The molecule has 0 N–H and O–H groups in total. The van der Waals surface area contributed by atoms with Crippen molar-refractivity contribution in [1.82, 2.24) is 0 Å². The van der Waals surface area contributed by atoms with Gasteiger partial charge in [0.05, 0.1) is 7.11 Å². The van der Waals surface area contributed by atoms with Gasteiger partial charge in [-0.05, 0) is 17.9 Å². The first-order chi connectivity index (χ1) is 7.27. The summed E-state index contributed by atoms with van der Waals surface area (Å²) in [4.78, 5) is 10.9. The number of hydrogen-bond donors (Lipinski definition) is 0. The van der Waals surface area contributed by atoms with Crippen LogP contribution in [-0.2, 0) is 15.3 Å². The van der Waals surface area contributed by atoms with E-state index in [1.165, 1.54) is 7.11 Å². The Kier molecular flexibility index (Phi) is 4.79. The Morgan fingerprint density at radius 3 is 2.87 bits per heavy atom. The third kappa shape index (κ3) is 3.69. The maximum absolute atomic E-state index is 10.9. The largest absolute Gasteiger partial charge is 0.459 e. The van der Waals surface area contributed by atoms with E-state index in [2.05, 4.69) is 16.6 Å². The van der Waals surface area contributed by atoms with Gasteiger partial charge >= 0.3 is 5.97 Å². The number of thioether (sulfide) groups is 1. The second-order valence-electron chi connectivity index (χ2n) is 2.83. The molecule has 0 aromatic heterocycles. The zero-order valence-electron chi connectivity index (χ0n) is 8.74. The van der Waals surface area contributed by atoms with Crippen molar-refractivity contribution in [2.45, 2.75) is 5.75 Å². The fraction of sp³-hybridized carbons (Fsp3) is 0.250. The molecule has 0 unspecified atom stereocenters. The second kappa shape index (κ2) is 6.15. The van der Waals surface area contributed by atoms with Gasteiger partial charge in [0.1, 0.15) is 0 Å². The average molecular weight is 220 g/mol. The average Bonchev–Trinajstić information content (AvgIpc) is 2.28. The van der Waals surface area contributed by atoms with Gasteiger partial charge in [-0.2, -0.15) is 11.8 Å². The molecule has 0 aliphatic carbocycles. The van der Waals surface area contributed by atoms with Crippen LogP contribution in [0.25, 0.3) is 0 Å². The van der Waals surface area contributed by atoms with Gasteiger partial charge in [0.25, 0.3) is 0 Å². The third-order valence-corrected chi connectivity index (χ3v) is 2.40. The summed E-state index contributed by atoms with van der Waals surface area (Å²) in [5, 5.41) is 0. The molecule has 15 heavy (non-hydrogen) atoms. The normalized spacial score (nSPS) is 8.93. The maximum atomic E-state index is 10.9. The smallest absolute Gasteiger partial charge is 0.384 e. The Morgan fingerprint density at radius 1 is 1.47 bits per heavy atom. The van der Waals surface area contributed by atoms with Crippen LogP contribution in [0.1, 0.15) is 11.1 Å². The van der Waals surface area contributed by atoms with E-state index in [0.717, 1.165) is 16.9 Å². The molecule has 3 heteroatoms. The van der Waals surface area contributed by atoms with Crippen molar-refractivity contribution in [3.8, 4) is 11.8 Å². The molecule has 0 heterocycles. The van der Waals surface area contributed by atoms with Gasteiger partial charge in [-0.1, -0.05) is 24.1 Å². The summed E-state index contributed by atoms with van der Waals surface area (Å²) in [5.41, 5.74) is 2.03. The Morgan fingerprint density at radius 2 is 2.20 bits per heavy atom. The number of carbonyl (C=O) groups is 1. The molecule has 0 saturated carbocycles. The van der Waals surface area contributed by atoms with E-state index in [1.54, 1.807) is 11.8 Å². The first kappa shape index (κ1) is 11.7. The first-order valence-electron chi connectivity index (χ1n) is 4.44. The quantitative estimate of drug-likeness (QED) is 0.564. The van der Waals surface area contributed by atoms with Crippen LogP contribution >= 0.6 is 11.8 Å². The van der Waals surface area contributed by atoms with Crippen LogP contribution in [0.4, 0.5) is 0 Å². The van der Waals surface area contributed by atoms with Gasteiger partial charge in [-0.3, -0.25) is 0 Å².